The number of aliphatic hydroxyl groups is 1. The minimum absolute atomic E-state index is 0.0313. The lowest BCUT2D eigenvalue weighted by atomic mass is 10.1. The van der Waals surface area contributed by atoms with E-state index >= 15 is 0 Å². The molecule has 1 rings (SSSR count). The maximum absolute atomic E-state index is 12.2. The van der Waals surface area contributed by atoms with E-state index in [1.807, 2.05) is 43.9 Å². The van der Waals surface area contributed by atoms with Gasteiger partial charge in [0.2, 0.25) is 5.91 Å². The van der Waals surface area contributed by atoms with E-state index in [1.54, 1.807) is 0 Å². The lowest BCUT2D eigenvalue weighted by molar-refractivity contribution is -0.117. The van der Waals surface area contributed by atoms with E-state index < -0.39 is 0 Å². The highest BCUT2D eigenvalue weighted by Gasteiger charge is 2.15. The van der Waals surface area contributed by atoms with Crippen LogP contribution in [0, 0.1) is 6.92 Å². The third-order valence-electron chi connectivity index (χ3n) is 3.47. The Morgan fingerprint density at radius 3 is 2.65 bits per heavy atom. The molecular formula is C16H26N2O2. The predicted molar refractivity (Wildman–Crippen MR) is 83.0 cm³/mol. The average Bonchev–Trinajstić information content (AvgIpc) is 2.40. The van der Waals surface area contributed by atoms with Crippen LogP contribution in [-0.2, 0) is 11.2 Å². The molecule has 1 aromatic carbocycles. The third-order valence-corrected chi connectivity index (χ3v) is 3.47. The molecule has 20 heavy (non-hydrogen) atoms. The van der Waals surface area contributed by atoms with Crippen LogP contribution in [0.5, 0.6) is 0 Å². The molecule has 4 nitrogen and oxygen atoms in total. The molecule has 0 fully saturated rings. The first-order chi connectivity index (χ1) is 9.49. The molecule has 0 spiro atoms. The summed E-state index contributed by atoms with van der Waals surface area (Å²) in [6.45, 7) is 9.01. The Morgan fingerprint density at radius 1 is 1.40 bits per heavy atom. The first-order valence-electron chi connectivity index (χ1n) is 7.22. The zero-order valence-corrected chi connectivity index (χ0v) is 12.9. The fraction of sp³-hybridized carbons (Fsp3) is 0.562. The molecule has 0 aliphatic heterocycles. The second-order valence-corrected chi connectivity index (χ2v) is 5.30. The van der Waals surface area contributed by atoms with Gasteiger partial charge in [0.25, 0.3) is 0 Å². The van der Waals surface area contributed by atoms with E-state index in [-0.39, 0.29) is 18.6 Å². The highest BCUT2D eigenvalue weighted by molar-refractivity contribution is 5.93. The Bertz CT molecular complexity index is 444. The van der Waals surface area contributed by atoms with Crippen LogP contribution < -0.4 is 5.32 Å². The standard InChI is InChI=1S/C16H26N2O2/c1-5-14-8-6-7-13(4)16(14)17-15(20)11-18(9-10-19)12(2)3/h6-8,12,19H,5,9-11H2,1-4H3,(H,17,20). The van der Waals surface area contributed by atoms with Gasteiger partial charge in [0.1, 0.15) is 0 Å². The maximum atomic E-state index is 12.2. The van der Waals surface area contributed by atoms with Crippen molar-refractivity contribution in [2.45, 2.75) is 40.2 Å². The smallest absolute Gasteiger partial charge is 0.238 e. The molecule has 0 bridgehead atoms. The number of hydrogen-bond donors (Lipinski definition) is 2. The highest BCUT2D eigenvalue weighted by Crippen LogP contribution is 2.21. The second-order valence-electron chi connectivity index (χ2n) is 5.30. The maximum Gasteiger partial charge on any atom is 0.238 e. The first kappa shape index (κ1) is 16.7. The molecule has 0 aliphatic carbocycles. The van der Waals surface area contributed by atoms with Crippen LogP contribution >= 0.6 is 0 Å². The van der Waals surface area contributed by atoms with Crippen molar-refractivity contribution < 1.29 is 9.90 Å². The number of carbonyl (C=O) groups is 1. The number of amides is 1. The summed E-state index contributed by atoms with van der Waals surface area (Å²) >= 11 is 0. The van der Waals surface area contributed by atoms with Gasteiger partial charge in [-0.05, 0) is 38.3 Å². The Kier molecular flexibility index (Phi) is 6.68. The van der Waals surface area contributed by atoms with Crippen LogP contribution in [0.15, 0.2) is 18.2 Å². The van der Waals surface area contributed by atoms with Crippen LogP contribution in [0.2, 0.25) is 0 Å². The third kappa shape index (κ3) is 4.62. The van der Waals surface area contributed by atoms with Crippen molar-refractivity contribution in [2.75, 3.05) is 25.0 Å². The van der Waals surface area contributed by atoms with Crippen molar-refractivity contribution in [1.29, 1.82) is 0 Å². The van der Waals surface area contributed by atoms with Crippen LogP contribution in [-0.4, -0.2) is 41.7 Å². The number of aryl methyl sites for hydroxylation is 2. The van der Waals surface area contributed by atoms with Crippen molar-refractivity contribution >= 4 is 11.6 Å². The second kappa shape index (κ2) is 8.02. The van der Waals surface area contributed by atoms with Gasteiger partial charge in [0, 0.05) is 18.3 Å². The Balaban J connectivity index is 2.75. The fourth-order valence-corrected chi connectivity index (χ4v) is 2.21. The quantitative estimate of drug-likeness (QED) is 0.804. The lowest BCUT2D eigenvalue weighted by Crippen LogP contribution is -2.39. The summed E-state index contributed by atoms with van der Waals surface area (Å²) in [5.74, 6) is -0.0313. The summed E-state index contributed by atoms with van der Waals surface area (Å²) in [6, 6.07) is 6.28. The summed E-state index contributed by atoms with van der Waals surface area (Å²) in [6.07, 6.45) is 0.891. The monoisotopic (exact) mass is 278 g/mol. The number of nitrogens with zero attached hydrogens (tertiary/aromatic N) is 1. The minimum atomic E-state index is -0.0313. The number of benzene rings is 1. The van der Waals surface area contributed by atoms with Gasteiger partial charge in [-0.15, -0.1) is 0 Å². The summed E-state index contributed by atoms with van der Waals surface area (Å²) in [5.41, 5.74) is 3.15. The minimum Gasteiger partial charge on any atom is -0.395 e. The van der Waals surface area contributed by atoms with E-state index in [0.717, 1.165) is 23.2 Å². The SMILES string of the molecule is CCc1cccc(C)c1NC(=O)CN(CCO)C(C)C. The van der Waals surface area contributed by atoms with Crippen LogP contribution in [0.25, 0.3) is 0 Å². The van der Waals surface area contributed by atoms with Gasteiger partial charge in [-0.25, -0.2) is 0 Å². The van der Waals surface area contributed by atoms with Gasteiger partial charge < -0.3 is 10.4 Å². The Hall–Kier alpha value is -1.39. The fourth-order valence-electron chi connectivity index (χ4n) is 2.21. The predicted octanol–water partition coefficient (Wildman–Crippen LogP) is 2.20. The normalized spacial score (nSPS) is 11.2. The molecule has 4 heteroatoms. The summed E-state index contributed by atoms with van der Waals surface area (Å²) in [4.78, 5) is 14.1. The first-order valence-corrected chi connectivity index (χ1v) is 7.22. The van der Waals surface area contributed by atoms with E-state index in [9.17, 15) is 4.79 Å². The van der Waals surface area contributed by atoms with E-state index in [1.165, 1.54) is 0 Å². The molecule has 0 aromatic heterocycles. The molecule has 0 aliphatic rings. The highest BCUT2D eigenvalue weighted by atomic mass is 16.3. The van der Waals surface area contributed by atoms with Crippen molar-refractivity contribution in [1.82, 2.24) is 4.90 Å². The van der Waals surface area contributed by atoms with Gasteiger partial charge in [0.05, 0.1) is 13.2 Å². The van der Waals surface area contributed by atoms with Gasteiger partial charge in [-0.2, -0.15) is 0 Å². The van der Waals surface area contributed by atoms with E-state index in [2.05, 4.69) is 12.2 Å². The average molecular weight is 278 g/mol. The lowest BCUT2D eigenvalue weighted by Gasteiger charge is -2.25. The van der Waals surface area contributed by atoms with Crippen LogP contribution in [0.3, 0.4) is 0 Å². The number of rotatable bonds is 7. The van der Waals surface area contributed by atoms with Crippen molar-refractivity contribution in [3.05, 3.63) is 29.3 Å². The van der Waals surface area contributed by atoms with Gasteiger partial charge in [-0.3, -0.25) is 9.69 Å². The van der Waals surface area contributed by atoms with Crippen LogP contribution in [0.4, 0.5) is 5.69 Å². The molecule has 0 radical (unpaired) electrons. The number of nitrogens with one attached hydrogen (secondary N) is 1. The van der Waals surface area contributed by atoms with Crippen molar-refractivity contribution in [3.63, 3.8) is 0 Å². The molecule has 1 amide bonds. The zero-order chi connectivity index (χ0) is 15.1. The number of anilines is 1. The van der Waals surface area contributed by atoms with Crippen molar-refractivity contribution in [3.8, 4) is 0 Å². The molecule has 112 valence electrons. The van der Waals surface area contributed by atoms with Gasteiger partial charge in [0.15, 0.2) is 0 Å². The molecule has 2 N–H and O–H groups in total. The molecular weight excluding hydrogens is 252 g/mol. The largest absolute Gasteiger partial charge is 0.395 e. The molecule has 0 saturated heterocycles. The van der Waals surface area contributed by atoms with E-state index in [4.69, 9.17) is 5.11 Å². The van der Waals surface area contributed by atoms with Gasteiger partial charge >= 0.3 is 0 Å². The molecule has 0 heterocycles. The van der Waals surface area contributed by atoms with Crippen molar-refractivity contribution in [2.24, 2.45) is 0 Å². The Labute approximate surface area is 121 Å². The molecule has 0 unspecified atom stereocenters. The van der Waals surface area contributed by atoms with Crippen LogP contribution in [0.1, 0.15) is 31.9 Å². The zero-order valence-electron chi connectivity index (χ0n) is 12.9. The number of aliphatic hydroxyl groups excluding tert-OH is 1. The number of hydrogen-bond acceptors (Lipinski definition) is 3. The topological polar surface area (TPSA) is 52.6 Å². The number of para-hydroxylation sites is 1. The molecule has 0 atom stereocenters. The van der Waals surface area contributed by atoms with E-state index in [0.29, 0.717) is 13.1 Å². The summed E-state index contributed by atoms with van der Waals surface area (Å²) in [7, 11) is 0. The summed E-state index contributed by atoms with van der Waals surface area (Å²) < 4.78 is 0. The summed E-state index contributed by atoms with van der Waals surface area (Å²) in [5, 5.41) is 12.1. The molecule has 0 saturated carbocycles. The molecule has 1 aromatic rings. The number of carbonyl (C=O) groups excluding carboxylic acids is 1. The Morgan fingerprint density at radius 2 is 2.10 bits per heavy atom. The van der Waals surface area contributed by atoms with Gasteiger partial charge in [-0.1, -0.05) is 25.1 Å².